The molecule has 3 aliphatic rings. The van der Waals surface area contributed by atoms with Gasteiger partial charge in [0, 0.05) is 37.0 Å². The summed E-state index contributed by atoms with van der Waals surface area (Å²) in [5, 5.41) is 11.7. The van der Waals surface area contributed by atoms with E-state index >= 15 is 0 Å². The van der Waals surface area contributed by atoms with Crippen LogP contribution in [-0.4, -0.2) is 29.4 Å². The number of halogens is 2. The van der Waals surface area contributed by atoms with Crippen LogP contribution in [0.15, 0.2) is 18.2 Å². The third kappa shape index (κ3) is 4.13. The number of nitrogens with zero attached hydrogens (tertiary/aromatic N) is 1. The molecule has 5 atom stereocenters. The summed E-state index contributed by atoms with van der Waals surface area (Å²) in [6.07, 6.45) is 1.16. The van der Waals surface area contributed by atoms with Gasteiger partial charge >= 0.3 is 0 Å². The van der Waals surface area contributed by atoms with E-state index in [0.29, 0.717) is 12.8 Å². The average molecular weight is 428 g/mol. The molecule has 2 aliphatic carbocycles. The highest BCUT2D eigenvalue weighted by molar-refractivity contribution is 5.97. The van der Waals surface area contributed by atoms with Crippen LogP contribution in [-0.2, 0) is 33.6 Å². The second-order valence-corrected chi connectivity index (χ2v) is 9.19. The summed E-state index contributed by atoms with van der Waals surface area (Å²) in [5.41, 5.74) is 3.67. The molecule has 4 rings (SSSR count). The van der Waals surface area contributed by atoms with Crippen LogP contribution in [0.4, 0.5) is 8.78 Å². The summed E-state index contributed by atoms with van der Waals surface area (Å²) in [4.78, 5) is 38.1. The van der Waals surface area contributed by atoms with Crippen molar-refractivity contribution in [2.75, 3.05) is 0 Å². The minimum Gasteiger partial charge on any atom is -0.346 e. The molecule has 5 nitrogen and oxygen atoms in total. The summed E-state index contributed by atoms with van der Waals surface area (Å²) in [6, 6.07) is 7.05. The summed E-state index contributed by atoms with van der Waals surface area (Å²) in [6.45, 7) is 2.09. The first-order valence-corrected chi connectivity index (χ1v) is 11.0. The third-order valence-corrected chi connectivity index (χ3v) is 7.18. The Hall–Kier alpha value is -2.62. The molecule has 3 unspecified atom stereocenters. The molecule has 31 heavy (non-hydrogen) atoms. The number of carbonyl (C=O) groups excluding carboxylic acids is 3. The first-order valence-electron chi connectivity index (χ1n) is 11.0. The first-order chi connectivity index (χ1) is 14.7. The SMILES string of the molecule is CCc1cccc2c1CC(C(=O)C[C@@H]1CC(C(=O)C3CC(F)(F)C[C@H]3C#N)NC1=O)C2. The van der Waals surface area contributed by atoms with Crippen molar-refractivity contribution in [3.8, 4) is 6.07 Å². The Morgan fingerprint density at radius 3 is 2.74 bits per heavy atom. The van der Waals surface area contributed by atoms with E-state index in [9.17, 15) is 23.2 Å². The van der Waals surface area contributed by atoms with Crippen molar-refractivity contribution in [2.24, 2.45) is 23.7 Å². The number of nitrogens with one attached hydrogen (secondary N) is 1. The van der Waals surface area contributed by atoms with Crippen LogP contribution < -0.4 is 5.32 Å². The predicted molar refractivity (Wildman–Crippen MR) is 108 cm³/mol. The normalized spacial score (nSPS) is 31.2. The Morgan fingerprint density at radius 1 is 1.26 bits per heavy atom. The molecule has 1 saturated carbocycles. The van der Waals surface area contributed by atoms with Crippen molar-refractivity contribution in [1.82, 2.24) is 5.32 Å². The number of amides is 1. The number of aryl methyl sites for hydroxylation is 1. The van der Waals surface area contributed by atoms with Crippen molar-refractivity contribution in [2.45, 2.75) is 63.8 Å². The topological polar surface area (TPSA) is 87.0 Å². The Kier molecular flexibility index (Phi) is 5.67. The number of Topliss-reactive ketones (excluding diaryl/α,β-unsaturated/α-hetero) is 2. The predicted octanol–water partition coefficient (Wildman–Crippen LogP) is 3.18. The average Bonchev–Trinajstić information content (AvgIpc) is 3.41. The van der Waals surface area contributed by atoms with E-state index in [1.54, 1.807) is 0 Å². The number of hydrogen-bond donors (Lipinski definition) is 1. The summed E-state index contributed by atoms with van der Waals surface area (Å²) < 4.78 is 27.4. The van der Waals surface area contributed by atoms with Crippen molar-refractivity contribution in [3.63, 3.8) is 0 Å². The van der Waals surface area contributed by atoms with Crippen molar-refractivity contribution in [3.05, 3.63) is 34.9 Å². The van der Waals surface area contributed by atoms with Crippen LogP contribution >= 0.6 is 0 Å². The number of alkyl halides is 2. The first kappa shape index (κ1) is 21.6. The lowest BCUT2D eigenvalue weighted by molar-refractivity contribution is -0.129. The van der Waals surface area contributed by atoms with Gasteiger partial charge in [-0.2, -0.15) is 5.26 Å². The van der Waals surface area contributed by atoms with Gasteiger partial charge in [-0.05, 0) is 42.4 Å². The zero-order valence-corrected chi connectivity index (χ0v) is 17.5. The van der Waals surface area contributed by atoms with Crippen molar-refractivity contribution < 1.29 is 23.2 Å². The van der Waals surface area contributed by atoms with Crippen molar-refractivity contribution >= 4 is 17.5 Å². The maximum atomic E-state index is 13.7. The van der Waals surface area contributed by atoms with Crippen LogP contribution in [0.1, 0.15) is 49.3 Å². The lowest BCUT2D eigenvalue weighted by atomic mass is 9.86. The molecule has 1 amide bonds. The smallest absolute Gasteiger partial charge is 0.250 e. The summed E-state index contributed by atoms with van der Waals surface area (Å²) in [5.74, 6) is -6.81. The van der Waals surface area contributed by atoms with E-state index in [1.807, 2.05) is 18.2 Å². The molecule has 0 aromatic heterocycles. The number of rotatable bonds is 6. The zero-order chi connectivity index (χ0) is 22.3. The van der Waals surface area contributed by atoms with E-state index in [1.165, 1.54) is 16.7 Å². The Morgan fingerprint density at radius 2 is 2.03 bits per heavy atom. The van der Waals surface area contributed by atoms with Gasteiger partial charge in [0.2, 0.25) is 11.8 Å². The van der Waals surface area contributed by atoms with E-state index < -0.39 is 48.3 Å². The fourth-order valence-corrected chi connectivity index (χ4v) is 5.50. The van der Waals surface area contributed by atoms with Crippen LogP contribution in [0.25, 0.3) is 0 Å². The number of carbonyl (C=O) groups is 3. The molecule has 0 radical (unpaired) electrons. The fraction of sp³-hybridized carbons (Fsp3) is 0.583. The van der Waals surface area contributed by atoms with E-state index in [4.69, 9.17) is 5.26 Å². The highest BCUT2D eigenvalue weighted by Gasteiger charge is 2.52. The van der Waals surface area contributed by atoms with Gasteiger partial charge in [-0.25, -0.2) is 8.78 Å². The van der Waals surface area contributed by atoms with Gasteiger partial charge in [0.1, 0.15) is 5.78 Å². The lowest BCUT2D eigenvalue weighted by Gasteiger charge is -2.16. The molecule has 1 aliphatic heterocycles. The standard InChI is InChI=1S/C24H26F2N2O3/c1-2-13-4-3-5-14-6-15(7-18(13)14)21(29)9-16-8-20(28-23(16)31)22(30)19-11-24(25,26)10-17(19)12-27/h3-5,15-17,19-20H,2,6-11H2,1H3,(H,28,31)/t15?,16-,17-,19?,20?/m0/s1. The molecular formula is C24H26F2N2O3. The Balaban J connectivity index is 1.38. The minimum absolute atomic E-state index is 0.00815. The van der Waals surface area contributed by atoms with Crippen LogP contribution in [0, 0.1) is 35.0 Å². The molecule has 1 N–H and O–H groups in total. The molecule has 1 aromatic rings. The molecule has 1 heterocycles. The minimum atomic E-state index is -3.03. The van der Waals surface area contributed by atoms with Gasteiger partial charge in [-0.15, -0.1) is 0 Å². The maximum absolute atomic E-state index is 13.7. The second-order valence-electron chi connectivity index (χ2n) is 9.19. The quantitative estimate of drug-likeness (QED) is 0.754. The number of hydrogen-bond acceptors (Lipinski definition) is 4. The Bertz CT molecular complexity index is 968. The summed E-state index contributed by atoms with van der Waals surface area (Å²) in [7, 11) is 0. The lowest BCUT2D eigenvalue weighted by Crippen LogP contribution is -2.38. The van der Waals surface area contributed by atoms with Gasteiger partial charge in [0.05, 0.1) is 18.0 Å². The third-order valence-electron chi connectivity index (χ3n) is 7.18. The monoisotopic (exact) mass is 428 g/mol. The number of benzene rings is 1. The molecular weight excluding hydrogens is 402 g/mol. The van der Waals surface area contributed by atoms with Crippen molar-refractivity contribution in [1.29, 1.82) is 5.26 Å². The highest BCUT2D eigenvalue weighted by Crippen LogP contribution is 2.44. The van der Waals surface area contributed by atoms with Crippen LogP contribution in [0.3, 0.4) is 0 Å². The second kappa shape index (κ2) is 8.14. The van der Waals surface area contributed by atoms with Gasteiger partial charge in [-0.1, -0.05) is 25.1 Å². The zero-order valence-electron chi connectivity index (χ0n) is 17.5. The number of nitriles is 1. The molecule has 7 heteroatoms. The molecule has 0 spiro atoms. The molecule has 0 bridgehead atoms. The summed E-state index contributed by atoms with van der Waals surface area (Å²) >= 11 is 0. The van der Waals surface area contributed by atoms with Gasteiger partial charge in [-0.3, -0.25) is 14.4 Å². The van der Waals surface area contributed by atoms with Crippen LogP contribution in [0.2, 0.25) is 0 Å². The number of ketones is 2. The van der Waals surface area contributed by atoms with E-state index in [0.717, 1.165) is 6.42 Å². The molecule has 1 saturated heterocycles. The van der Waals surface area contributed by atoms with Crippen LogP contribution in [0.5, 0.6) is 0 Å². The van der Waals surface area contributed by atoms with Gasteiger partial charge < -0.3 is 5.32 Å². The van der Waals surface area contributed by atoms with E-state index in [-0.39, 0.29) is 30.4 Å². The molecule has 2 fully saturated rings. The highest BCUT2D eigenvalue weighted by atomic mass is 19.3. The van der Waals surface area contributed by atoms with Gasteiger partial charge in [0.15, 0.2) is 5.78 Å². The fourth-order valence-electron chi connectivity index (χ4n) is 5.50. The van der Waals surface area contributed by atoms with E-state index in [2.05, 4.69) is 18.3 Å². The molecule has 1 aromatic carbocycles. The molecule has 164 valence electrons. The largest absolute Gasteiger partial charge is 0.346 e. The number of fused-ring (bicyclic) bond motifs is 1. The maximum Gasteiger partial charge on any atom is 0.250 e. The Labute approximate surface area is 180 Å². The van der Waals surface area contributed by atoms with Gasteiger partial charge in [0.25, 0.3) is 0 Å².